The van der Waals surface area contributed by atoms with Gasteiger partial charge in [0.15, 0.2) is 0 Å². The second-order valence-electron chi connectivity index (χ2n) is 6.52. The standard InChI is InChI=1S/C20H25NO4S/c1-3-7-17-12-16(10-11-20(17)25-14-19-13-24-19)15-26(22,23)21(2)18-8-5-4-6-9-18/h4-6,8-12,19H,3,7,13-15H2,1-2H3. The smallest absolute Gasteiger partial charge is 0.239 e. The van der Waals surface area contributed by atoms with Gasteiger partial charge in [0, 0.05) is 7.05 Å². The van der Waals surface area contributed by atoms with Crippen LogP contribution in [0, 0.1) is 0 Å². The molecule has 0 aliphatic carbocycles. The van der Waals surface area contributed by atoms with Crippen molar-refractivity contribution >= 4 is 15.7 Å². The van der Waals surface area contributed by atoms with Gasteiger partial charge in [-0.25, -0.2) is 8.42 Å². The average molecular weight is 375 g/mol. The molecule has 1 heterocycles. The zero-order valence-corrected chi connectivity index (χ0v) is 16.0. The first-order valence-corrected chi connectivity index (χ1v) is 10.5. The van der Waals surface area contributed by atoms with Crippen LogP contribution < -0.4 is 9.04 Å². The van der Waals surface area contributed by atoms with Crippen molar-refractivity contribution in [2.75, 3.05) is 24.6 Å². The molecule has 1 unspecified atom stereocenters. The number of hydrogen-bond donors (Lipinski definition) is 0. The van der Waals surface area contributed by atoms with Crippen LogP contribution in [0.2, 0.25) is 0 Å². The van der Waals surface area contributed by atoms with E-state index in [1.54, 1.807) is 19.2 Å². The normalized spacial score (nSPS) is 16.3. The number of nitrogens with zero attached hydrogens (tertiary/aromatic N) is 1. The Morgan fingerprint density at radius 3 is 2.58 bits per heavy atom. The van der Waals surface area contributed by atoms with Crippen LogP contribution in [0.25, 0.3) is 0 Å². The molecule has 0 amide bonds. The number of ether oxygens (including phenoxy) is 2. The quantitative estimate of drug-likeness (QED) is 0.631. The largest absolute Gasteiger partial charge is 0.491 e. The van der Waals surface area contributed by atoms with Gasteiger partial charge in [0.25, 0.3) is 0 Å². The van der Waals surface area contributed by atoms with Gasteiger partial charge in [-0.05, 0) is 35.7 Å². The van der Waals surface area contributed by atoms with Crippen LogP contribution in [0.3, 0.4) is 0 Å². The summed E-state index contributed by atoms with van der Waals surface area (Å²) in [5.74, 6) is 0.779. The molecule has 1 atom stereocenters. The zero-order valence-electron chi connectivity index (χ0n) is 15.2. The van der Waals surface area contributed by atoms with Crippen molar-refractivity contribution in [3.8, 4) is 5.75 Å². The van der Waals surface area contributed by atoms with Crippen LogP contribution in [0.4, 0.5) is 5.69 Å². The monoisotopic (exact) mass is 375 g/mol. The molecular formula is C20H25NO4S. The minimum absolute atomic E-state index is 0.0406. The van der Waals surface area contributed by atoms with Crippen molar-refractivity contribution in [3.63, 3.8) is 0 Å². The first kappa shape index (κ1) is 18.7. The molecule has 0 radical (unpaired) electrons. The topological polar surface area (TPSA) is 59.1 Å². The molecule has 0 N–H and O–H groups in total. The number of sulfonamides is 1. The van der Waals surface area contributed by atoms with E-state index in [0.29, 0.717) is 12.3 Å². The Morgan fingerprint density at radius 1 is 1.19 bits per heavy atom. The van der Waals surface area contributed by atoms with Crippen molar-refractivity contribution in [3.05, 3.63) is 59.7 Å². The predicted molar refractivity (Wildman–Crippen MR) is 103 cm³/mol. The summed E-state index contributed by atoms with van der Waals surface area (Å²) < 4.78 is 37.9. The van der Waals surface area contributed by atoms with Gasteiger partial charge in [0.1, 0.15) is 18.5 Å². The first-order chi connectivity index (χ1) is 12.5. The molecule has 0 saturated carbocycles. The molecule has 2 aromatic carbocycles. The molecule has 26 heavy (non-hydrogen) atoms. The molecule has 140 valence electrons. The Bertz CT molecular complexity index is 832. The molecule has 3 rings (SSSR count). The van der Waals surface area contributed by atoms with Crippen LogP contribution in [0.1, 0.15) is 24.5 Å². The Labute approximate surface area is 155 Å². The highest BCUT2D eigenvalue weighted by molar-refractivity contribution is 7.92. The number of aryl methyl sites for hydroxylation is 1. The van der Waals surface area contributed by atoms with Gasteiger partial charge >= 0.3 is 0 Å². The Hall–Kier alpha value is -2.05. The summed E-state index contributed by atoms with van der Waals surface area (Å²) in [4.78, 5) is 0. The number of anilines is 1. The van der Waals surface area contributed by atoms with E-state index < -0.39 is 10.0 Å². The van der Waals surface area contributed by atoms with Gasteiger partial charge in [0.2, 0.25) is 10.0 Å². The number of hydrogen-bond acceptors (Lipinski definition) is 4. The van der Waals surface area contributed by atoms with E-state index in [1.165, 1.54) is 4.31 Å². The number of epoxide rings is 1. The predicted octanol–water partition coefficient (Wildman–Crippen LogP) is 3.38. The lowest BCUT2D eigenvalue weighted by Crippen LogP contribution is -2.27. The molecule has 0 bridgehead atoms. The van der Waals surface area contributed by atoms with Crippen molar-refractivity contribution in [2.24, 2.45) is 0 Å². The minimum atomic E-state index is -3.45. The van der Waals surface area contributed by atoms with Crippen molar-refractivity contribution in [2.45, 2.75) is 31.6 Å². The summed E-state index contributed by atoms with van der Waals surface area (Å²) in [6.07, 6.45) is 2.02. The summed E-state index contributed by atoms with van der Waals surface area (Å²) in [6, 6.07) is 14.8. The Balaban J connectivity index is 1.76. The van der Waals surface area contributed by atoms with E-state index >= 15 is 0 Å². The van der Waals surface area contributed by atoms with E-state index in [-0.39, 0.29) is 11.9 Å². The van der Waals surface area contributed by atoms with Crippen LogP contribution >= 0.6 is 0 Å². The fourth-order valence-corrected chi connectivity index (χ4v) is 4.02. The van der Waals surface area contributed by atoms with Gasteiger partial charge in [-0.1, -0.05) is 43.7 Å². The molecule has 1 aliphatic heterocycles. The third-order valence-electron chi connectivity index (χ3n) is 4.36. The maximum absolute atomic E-state index is 12.8. The summed E-state index contributed by atoms with van der Waals surface area (Å²) >= 11 is 0. The molecular weight excluding hydrogens is 350 g/mol. The second-order valence-corrected chi connectivity index (χ2v) is 8.52. The molecule has 1 fully saturated rings. The van der Waals surface area contributed by atoms with E-state index in [9.17, 15) is 8.42 Å². The highest BCUT2D eigenvalue weighted by Gasteiger charge is 2.24. The molecule has 0 aromatic heterocycles. The highest BCUT2D eigenvalue weighted by atomic mass is 32.2. The molecule has 1 saturated heterocycles. The molecule has 5 nitrogen and oxygen atoms in total. The Morgan fingerprint density at radius 2 is 1.92 bits per heavy atom. The number of benzene rings is 2. The van der Waals surface area contributed by atoms with Gasteiger partial charge in [-0.3, -0.25) is 4.31 Å². The molecule has 6 heteroatoms. The number of rotatable bonds is 9. The van der Waals surface area contributed by atoms with Crippen LogP contribution in [-0.4, -0.2) is 34.8 Å². The first-order valence-electron chi connectivity index (χ1n) is 8.87. The second kappa shape index (κ2) is 8.10. The third kappa shape index (κ3) is 4.77. The van der Waals surface area contributed by atoms with Crippen molar-refractivity contribution in [1.29, 1.82) is 0 Å². The average Bonchev–Trinajstić information content (AvgIpc) is 3.45. The van der Waals surface area contributed by atoms with E-state index in [2.05, 4.69) is 6.92 Å². The molecule has 1 aliphatic rings. The zero-order chi connectivity index (χ0) is 18.6. The Kier molecular flexibility index (Phi) is 5.84. The van der Waals surface area contributed by atoms with Crippen LogP contribution in [-0.2, 0) is 26.9 Å². The maximum atomic E-state index is 12.8. The van der Waals surface area contributed by atoms with Gasteiger partial charge in [-0.2, -0.15) is 0 Å². The van der Waals surface area contributed by atoms with E-state index in [0.717, 1.165) is 36.3 Å². The van der Waals surface area contributed by atoms with Gasteiger partial charge in [-0.15, -0.1) is 0 Å². The van der Waals surface area contributed by atoms with E-state index in [4.69, 9.17) is 9.47 Å². The maximum Gasteiger partial charge on any atom is 0.239 e. The summed E-state index contributed by atoms with van der Waals surface area (Å²) in [6.45, 7) is 3.40. The number of para-hydroxylation sites is 1. The lowest BCUT2D eigenvalue weighted by atomic mass is 10.1. The van der Waals surface area contributed by atoms with Gasteiger partial charge in [0.05, 0.1) is 18.0 Å². The molecule has 0 spiro atoms. The lowest BCUT2D eigenvalue weighted by molar-refractivity contribution is 0.261. The lowest BCUT2D eigenvalue weighted by Gasteiger charge is -2.20. The third-order valence-corrected chi connectivity index (χ3v) is 6.10. The summed E-state index contributed by atoms with van der Waals surface area (Å²) in [5, 5.41) is 0. The fourth-order valence-electron chi connectivity index (χ4n) is 2.78. The fraction of sp³-hybridized carbons (Fsp3) is 0.400. The SMILES string of the molecule is CCCc1cc(CS(=O)(=O)N(C)c2ccccc2)ccc1OCC1CO1. The van der Waals surface area contributed by atoms with Crippen molar-refractivity contribution < 1.29 is 17.9 Å². The van der Waals surface area contributed by atoms with Gasteiger partial charge < -0.3 is 9.47 Å². The molecule has 2 aromatic rings. The van der Waals surface area contributed by atoms with Crippen LogP contribution in [0.5, 0.6) is 5.75 Å². The minimum Gasteiger partial charge on any atom is -0.491 e. The summed E-state index contributed by atoms with van der Waals surface area (Å²) in [5.41, 5.74) is 2.47. The van der Waals surface area contributed by atoms with E-state index in [1.807, 2.05) is 36.4 Å². The van der Waals surface area contributed by atoms with Crippen molar-refractivity contribution in [1.82, 2.24) is 0 Å². The highest BCUT2D eigenvalue weighted by Crippen LogP contribution is 2.25. The van der Waals surface area contributed by atoms with Crippen LogP contribution in [0.15, 0.2) is 48.5 Å². The summed E-state index contributed by atoms with van der Waals surface area (Å²) in [7, 11) is -1.87.